The highest BCUT2D eigenvalue weighted by Gasteiger charge is 2.27. The van der Waals surface area contributed by atoms with Gasteiger partial charge in [0, 0.05) is 13.1 Å². The number of hydrogen-bond acceptors (Lipinski definition) is 4. The molecule has 0 atom stereocenters. The van der Waals surface area contributed by atoms with Gasteiger partial charge in [-0.15, -0.1) is 0 Å². The second-order valence-electron chi connectivity index (χ2n) is 4.05. The van der Waals surface area contributed by atoms with E-state index in [1.165, 1.54) is 28.6 Å². The first-order valence-electron chi connectivity index (χ1n) is 5.48. The summed E-state index contributed by atoms with van der Waals surface area (Å²) in [6.07, 6.45) is 1.79. The van der Waals surface area contributed by atoms with Crippen LogP contribution in [-0.2, 0) is 10.0 Å². The number of sulfonamides is 1. The zero-order chi connectivity index (χ0) is 12.5. The second-order valence-corrected chi connectivity index (χ2v) is 5.99. The van der Waals surface area contributed by atoms with Gasteiger partial charge in [-0.05, 0) is 30.4 Å². The summed E-state index contributed by atoms with van der Waals surface area (Å²) in [7, 11) is -4.98. The van der Waals surface area contributed by atoms with Gasteiger partial charge in [0.25, 0.3) is 0 Å². The van der Waals surface area contributed by atoms with E-state index in [1.807, 2.05) is 0 Å². The normalized spacial score (nSPS) is 17.3. The van der Waals surface area contributed by atoms with Crippen LogP contribution in [0, 0.1) is 0 Å². The van der Waals surface area contributed by atoms with Gasteiger partial charge < -0.3 is 10.0 Å². The summed E-state index contributed by atoms with van der Waals surface area (Å²) in [6, 6.07) is 5.63. The average Bonchev–Trinajstić information content (AvgIpc) is 2.83. The fraction of sp³-hybridized carbons (Fsp3) is 0.400. The molecule has 0 aromatic heterocycles. The van der Waals surface area contributed by atoms with Crippen molar-refractivity contribution in [1.82, 2.24) is 4.31 Å². The van der Waals surface area contributed by atoms with E-state index in [2.05, 4.69) is 0 Å². The fourth-order valence-corrected chi connectivity index (χ4v) is 3.41. The van der Waals surface area contributed by atoms with Crippen molar-refractivity contribution in [3.63, 3.8) is 0 Å². The van der Waals surface area contributed by atoms with Crippen LogP contribution in [0.4, 0.5) is 0 Å². The van der Waals surface area contributed by atoms with Crippen LogP contribution in [0.15, 0.2) is 29.2 Å². The minimum atomic E-state index is -3.41. The molecule has 5 nitrogen and oxygen atoms in total. The van der Waals surface area contributed by atoms with E-state index in [9.17, 15) is 8.42 Å². The monoisotopic (exact) mass is 255 g/mol. The van der Waals surface area contributed by atoms with Crippen LogP contribution in [-0.4, -0.2) is 43.0 Å². The lowest BCUT2D eigenvalue weighted by Gasteiger charge is -2.15. The molecule has 0 unspecified atom stereocenters. The Kier molecular flexibility index (Phi) is 3.53. The molecular weight excluding hydrogens is 241 g/mol. The molecular formula is C10H14BNO4S. The number of rotatable bonds is 3. The van der Waals surface area contributed by atoms with Crippen LogP contribution in [0.2, 0.25) is 0 Å². The van der Waals surface area contributed by atoms with Gasteiger partial charge in [0.15, 0.2) is 0 Å². The molecule has 1 heterocycles. The second kappa shape index (κ2) is 4.77. The Morgan fingerprint density at radius 3 is 2.06 bits per heavy atom. The Bertz CT molecular complexity index is 480. The van der Waals surface area contributed by atoms with Gasteiger partial charge in [0.2, 0.25) is 10.0 Å². The molecule has 1 aliphatic heterocycles. The molecule has 7 heteroatoms. The Morgan fingerprint density at radius 1 is 1.06 bits per heavy atom. The molecule has 1 saturated heterocycles. The summed E-state index contributed by atoms with van der Waals surface area (Å²) in [5.74, 6) is 0. The van der Waals surface area contributed by atoms with Crippen molar-refractivity contribution in [3.05, 3.63) is 24.3 Å². The van der Waals surface area contributed by atoms with Crippen LogP contribution in [0.25, 0.3) is 0 Å². The maximum absolute atomic E-state index is 12.1. The molecule has 0 bridgehead atoms. The topological polar surface area (TPSA) is 77.8 Å². The van der Waals surface area contributed by atoms with E-state index in [4.69, 9.17) is 10.0 Å². The summed E-state index contributed by atoms with van der Waals surface area (Å²) in [5.41, 5.74) is 0.283. The molecule has 0 amide bonds. The summed E-state index contributed by atoms with van der Waals surface area (Å²) in [4.78, 5) is 0.198. The van der Waals surface area contributed by atoms with E-state index in [-0.39, 0.29) is 10.4 Å². The van der Waals surface area contributed by atoms with Gasteiger partial charge in [0.05, 0.1) is 4.90 Å². The van der Waals surface area contributed by atoms with E-state index in [0.717, 1.165) is 12.8 Å². The molecule has 0 aliphatic carbocycles. The van der Waals surface area contributed by atoms with Gasteiger partial charge in [-0.1, -0.05) is 12.1 Å². The predicted molar refractivity (Wildman–Crippen MR) is 64.3 cm³/mol. The van der Waals surface area contributed by atoms with Crippen molar-refractivity contribution < 1.29 is 18.5 Å². The standard InChI is InChI=1S/C10H14BNO4S/c13-11(14)9-3-5-10(6-4-9)17(15,16)12-7-1-2-8-12/h3-6,13-14H,1-2,7-8H2. The van der Waals surface area contributed by atoms with Crippen LogP contribution in [0.1, 0.15) is 12.8 Å². The molecule has 92 valence electrons. The third kappa shape index (κ3) is 2.52. The van der Waals surface area contributed by atoms with Gasteiger partial charge in [0.1, 0.15) is 0 Å². The van der Waals surface area contributed by atoms with E-state index in [0.29, 0.717) is 13.1 Å². The molecule has 0 saturated carbocycles. The van der Waals surface area contributed by atoms with Gasteiger partial charge >= 0.3 is 7.12 Å². The molecule has 1 aliphatic rings. The number of hydrogen-bond donors (Lipinski definition) is 2. The third-order valence-electron chi connectivity index (χ3n) is 2.88. The molecule has 1 aromatic rings. The van der Waals surface area contributed by atoms with Crippen molar-refractivity contribution >= 4 is 22.6 Å². The summed E-state index contributed by atoms with van der Waals surface area (Å²) in [5, 5.41) is 17.8. The van der Waals surface area contributed by atoms with E-state index >= 15 is 0 Å². The molecule has 17 heavy (non-hydrogen) atoms. The first-order chi connectivity index (χ1) is 8.01. The number of nitrogens with zero attached hydrogens (tertiary/aromatic N) is 1. The highest BCUT2D eigenvalue weighted by molar-refractivity contribution is 7.89. The molecule has 1 aromatic carbocycles. The van der Waals surface area contributed by atoms with Gasteiger partial charge in [-0.3, -0.25) is 0 Å². The van der Waals surface area contributed by atoms with Gasteiger partial charge in [-0.2, -0.15) is 4.31 Å². The number of benzene rings is 1. The van der Waals surface area contributed by atoms with Crippen LogP contribution in [0.3, 0.4) is 0 Å². The molecule has 1 fully saturated rings. The Labute approximate surface area is 101 Å². The van der Waals surface area contributed by atoms with E-state index < -0.39 is 17.1 Å². The molecule has 2 rings (SSSR count). The average molecular weight is 255 g/mol. The largest absolute Gasteiger partial charge is 0.488 e. The highest BCUT2D eigenvalue weighted by atomic mass is 32.2. The smallest absolute Gasteiger partial charge is 0.423 e. The Hall–Kier alpha value is -0.885. The van der Waals surface area contributed by atoms with Crippen molar-refractivity contribution in [2.45, 2.75) is 17.7 Å². The van der Waals surface area contributed by atoms with Crippen molar-refractivity contribution in [2.75, 3.05) is 13.1 Å². The molecule has 2 N–H and O–H groups in total. The maximum atomic E-state index is 12.1. The van der Waals surface area contributed by atoms with Gasteiger partial charge in [-0.25, -0.2) is 8.42 Å². The maximum Gasteiger partial charge on any atom is 0.488 e. The molecule has 0 spiro atoms. The van der Waals surface area contributed by atoms with Crippen molar-refractivity contribution in [2.24, 2.45) is 0 Å². The zero-order valence-corrected chi connectivity index (χ0v) is 10.1. The lowest BCUT2D eigenvalue weighted by atomic mass is 9.81. The Balaban J connectivity index is 2.27. The summed E-state index contributed by atoms with van der Waals surface area (Å²) in [6.45, 7) is 1.12. The highest BCUT2D eigenvalue weighted by Crippen LogP contribution is 2.19. The van der Waals surface area contributed by atoms with Crippen LogP contribution < -0.4 is 5.46 Å². The summed E-state index contributed by atoms with van der Waals surface area (Å²) < 4.78 is 25.7. The van der Waals surface area contributed by atoms with Crippen molar-refractivity contribution in [1.29, 1.82) is 0 Å². The van der Waals surface area contributed by atoms with Crippen molar-refractivity contribution in [3.8, 4) is 0 Å². The third-order valence-corrected chi connectivity index (χ3v) is 4.79. The summed E-state index contributed by atoms with van der Waals surface area (Å²) >= 11 is 0. The predicted octanol–water partition coefficient (Wildman–Crippen LogP) is -0.849. The lowest BCUT2D eigenvalue weighted by molar-refractivity contribution is 0.425. The van der Waals surface area contributed by atoms with Crippen LogP contribution in [0.5, 0.6) is 0 Å². The quantitative estimate of drug-likeness (QED) is 0.690. The lowest BCUT2D eigenvalue weighted by Crippen LogP contribution is -2.31. The van der Waals surface area contributed by atoms with E-state index in [1.54, 1.807) is 0 Å². The molecule has 0 radical (unpaired) electrons. The Morgan fingerprint density at radius 2 is 1.59 bits per heavy atom. The fourth-order valence-electron chi connectivity index (χ4n) is 1.89. The zero-order valence-electron chi connectivity index (χ0n) is 9.28. The first kappa shape index (κ1) is 12.6. The SMILES string of the molecule is O=S(=O)(c1ccc(B(O)O)cc1)N1CCCC1. The van der Waals surface area contributed by atoms with Crippen LogP contribution >= 0.6 is 0 Å². The minimum absolute atomic E-state index is 0.198. The minimum Gasteiger partial charge on any atom is -0.423 e. The first-order valence-corrected chi connectivity index (χ1v) is 6.92.